The van der Waals surface area contributed by atoms with Gasteiger partial charge in [-0.05, 0) is 38.0 Å². The Kier molecular flexibility index (Phi) is 2.80. The van der Waals surface area contributed by atoms with Gasteiger partial charge in [0.05, 0.1) is 5.71 Å². The maximum Gasteiger partial charge on any atom is 0.143 e. The molecule has 80 valence electrons. The minimum Gasteiger partial charge on any atom is -0.389 e. The van der Waals surface area contributed by atoms with Crippen LogP contribution in [0.15, 0.2) is 5.16 Å². The maximum absolute atomic E-state index is 5.68. The molecule has 0 radical (unpaired) electrons. The lowest BCUT2D eigenvalue weighted by Gasteiger charge is -2.33. The Morgan fingerprint density at radius 1 is 1.43 bits per heavy atom. The summed E-state index contributed by atoms with van der Waals surface area (Å²) < 4.78 is 0. The second kappa shape index (κ2) is 3.92. The summed E-state index contributed by atoms with van der Waals surface area (Å²) in [6.45, 7) is 4.55. The number of nitrogens with zero attached hydrogens (tertiary/aromatic N) is 1. The van der Waals surface area contributed by atoms with Crippen LogP contribution in [0.4, 0.5) is 0 Å². The van der Waals surface area contributed by atoms with E-state index in [0.29, 0.717) is 0 Å². The van der Waals surface area contributed by atoms with Crippen molar-refractivity contribution in [2.75, 3.05) is 0 Å². The molecule has 0 aromatic rings. The molecule has 1 aliphatic heterocycles. The molecule has 0 aromatic carbocycles. The van der Waals surface area contributed by atoms with E-state index in [1.807, 2.05) is 0 Å². The van der Waals surface area contributed by atoms with Crippen LogP contribution in [-0.4, -0.2) is 11.3 Å². The molecular weight excluding hydrogens is 174 g/mol. The molecule has 0 N–H and O–H groups in total. The van der Waals surface area contributed by atoms with Crippen molar-refractivity contribution in [1.82, 2.24) is 0 Å². The van der Waals surface area contributed by atoms with E-state index in [9.17, 15) is 0 Å². The van der Waals surface area contributed by atoms with Crippen LogP contribution in [0.1, 0.15) is 58.8 Å². The van der Waals surface area contributed by atoms with Crippen molar-refractivity contribution >= 4 is 5.71 Å². The quantitative estimate of drug-likeness (QED) is 0.660. The molecule has 0 saturated heterocycles. The molecule has 0 aromatic heterocycles. The first kappa shape index (κ1) is 10.0. The highest BCUT2D eigenvalue weighted by Crippen LogP contribution is 2.40. The zero-order valence-electron chi connectivity index (χ0n) is 9.38. The molecule has 1 spiro atoms. The molecular formula is C12H21NO. The van der Waals surface area contributed by atoms with Crippen LogP contribution in [0.25, 0.3) is 0 Å². The number of hydrogen-bond donors (Lipinski definition) is 0. The molecule has 2 heteroatoms. The average Bonchev–Trinajstić information content (AvgIpc) is 2.56. The third-order valence-corrected chi connectivity index (χ3v) is 3.62. The van der Waals surface area contributed by atoms with Gasteiger partial charge in [-0.25, -0.2) is 0 Å². The number of oxime groups is 1. The van der Waals surface area contributed by atoms with Gasteiger partial charge in [-0.3, -0.25) is 0 Å². The Labute approximate surface area is 86.7 Å². The molecule has 1 aliphatic carbocycles. The molecule has 2 aliphatic rings. The fraction of sp³-hybridized carbons (Fsp3) is 0.917. The van der Waals surface area contributed by atoms with Crippen molar-refractivity contribution in [3.8, 4) is 0 Å². The predicted molar refractivity (Wildman–Crippen MR) is 58.4 cm³/mol. The SMILES string of the molecule is CCCC1=NOC2(CCC(C)CC2)C1. The summed E-state index contributed by atoms with van der Waals surface area (Å²) in [5.41, 5.74) is 1.42. The first-order valence-corrected chi connectivity index (χ1v) is 5.98. The van der Waals surface area contributed by atoms with Crippen LogP contribution in [0.3, 0.4) is 0 Å². The van der Waals surface area contributed by atoms with Gasteiger partial charge in [-0.2, -0.15) is 0 Å². The van der Waals surface area contributed by atoms with Crippen molar-refractivity contribution in [3.05, 3.63) is 0 Å². The zero-order valence-corrected chi connectivity index (χ0v) is 9.38. The van der Waals surface area contributed by atoms with E-state index in [1.54, 1.807) is 0 Å². The van der Waals surface area contributed by atoms with Gasteiger partial charge in [0, 0.05) is 6.42 Å². The Hall–Kier alpha value is -0.530. The Balaban J connectivity index is 1.89. The van der Waals surface area contributed by atoms with Crippen molar-refractivity contribution in [3.63, 3.8) is 0 Å². The number of hydrogen-bond acceptors (Lipinski definition) is 2. The van der Waals surface area contributed by atoms with Gasteiger partial charge in [0.15, 0.2) is 0 Å². The van der Waals surface area contributed by atoms with E-state index in [4.69, 9.17) is 4.84 Å². The topological polar surface area (TPSA) is 21.6 Å². The Morgan fingerprint density at radius 2 is 2.14 bits per heavy atom. The molecule has 14 heavy (non-hydrogen) atoms. The minimum absolute atomic E-state index is 0.122. The van der Waals surface area contributed by atoms with Crippen molar-refractivity contribution in [2.24, 2.45) is 11.1 Å². The average molecular weight is 195 g/mol. The summed E-state index contributed by atoms with van der Waals surface area (Å²) in [5.74, 6) is 0.888. The first-order valence-electron chi connectivity index (χ1n) is 5.98. The van der Waals surface area contributed by atoms with Gasteiger partial charge in [0.25, 0.3) is 0 Å². The highest BCUT2D eigenvalue weighted by Gasteiger charge is 2.41. The highest BCUT2D eigenvalue weighted by molar-refractivity contribution is 5.86. The van der Waals surface area contributed by atoms with Crippen molar-refractivity contribution in [2.45, 2.75) is 64.4 Å². The van der Waals surface area contributed by atoms with Crippen LogP contribution in [-0.2, 0) is 4.84 Å². The van der Waals surface area contributed by atoms with Gasteiger partial charge >= 0.3 is 0 Å². The summed E-state index contributed by atoms with van der Waals surface area (Å²) >= 11 is 0. The smallest absolute Gasteiger partial charge is 0.143 e. The lowest BCUT2D eigenvalue weighted by Crippen LogP contribution is -2.33. The largest absolute Gasteiger partial charge is 0.389 e. The van der Waals surface area contributed by atoms with Crippen LogP contribution in [0.5, 0.6) is 0 Å². The van der Waals surface area contributed by atoms with Gasteiger partial charge < -0.3 is 4.84 Å². The third-order valence-electron chi connectivity index (χ3n) is 3.62. The van der Waals surface area contributed by atoms with Gasteiger partial charge in [0.2, 0.25) is 0 Å². The third kappa shape index (κ3) is 1.94. The van der Waals surface area contributed by atoms with Crippen LogP contribution < -0.4 is 0 Å². The predicted octanol–water partition coefficient (Wildman–Crippen LogP) is 3.51. The summed E-state index contributed by atoms with van der Waals surface area (Å²) in [6.07, 6.45) is 8.47. The van der Waals surface area contributed by atoms with E-state index < -0.39 is 0 Å². The van der Waals surface area contributed by atoms with Gasteiger partial charge in [-0.15, -0.1) is 0 Å². The highest BCUT2D eigenvalue weighted by atomic mass is 16.7. The molecule has 0 amide bonds. The van der Waals surface area contributed by atoms with E-state index in [0.717, 1.165) is 18.8 Å². The monoisotopic (exact) mass is 195 g/mol. The second-order valence-electron chi connectivity index (χ2n) is 5.04. The van der Waals surface area contributed by atoms with E-state index >= 15 is 0 Å². The maximum atomic E-state index is 5.68. The molecule has 1 saturated carbocycles. The molecule has 0 bridgehead atoms. The Bertz CT molecular complexity index is 226. The van der Waals surface area contributed by atoms with E-state index in [1.165, 1.54) is 37.8 Å². The normalized spacial score (nSPS) is 37.0. The van der Waals surface area contributed by atoms with Crippen LogP contribution >= 0.6 is 0 Å². The molecule has 1 heterocycles. The summed E-state index contributed by atoms with van der Waals surface area (Å²) in [7, 11) is 0. The summed E-state index contributed by atoms with van der Waals surface area (Å²) in [5, 5.41) is 4.24. The molecule has 0 atom stereocenters. The lowest BCUT2D eigenvalue weighted by atomic mass is 9.77. The van der Waals surface area contributed by atoms with Gasteiger partial charge in [-0.1, -0.05) is 25.4 Å². The van der Waals surface area contributed by atoms with E-state index in [-0.39, 0.29) is 5.60 Å². The summed E-state index contributed by atoms with van der Waals surface area (Å²) in [6, 6.07) is 0. The van der Waals surface area contributed by atoms with Crippen LogP contribution in [0, 0.1) is 5.92 Å². The second-order valence-corrected chi connectivity index (χ2v) is 5.04. The number of rotatable bonds is 2. The minimum atomic E-state index is 0.122. The standard InChI is InChI=1S/C12H21NO/c1-3-4-11-9-12(14-13-11)7-5-10(2)6-8-12/h10H,3-9H2,1-2H3. The molecule has 1 fully saturated rings. The fourth-order valence-electron chi connectivity index (χ4n) is 2.58. The Morgan fingerprint density at radius 3 is 2.79 bits per heavy atom. The molecule has 0 unspecified atom stereocenters. The molecule has 2 rings (SSSR count). The van der Waals surface area contributed by atoms with E-state index in [2.05, 4.69) is 19.0 Å². The van der Waals surface area contributed by atoms with Crippen molar-refractivity contribution in [1.29, 1.82) is 0 Å². The molecule has 2 nitrogen and oxygen atoms in total. The van der Waals surface area contributed by atoms with Crippen molar-refractivity contribution < 1.29 is 4.84 Å². The zero-order chi connectivity index (χ0) is 10.0. The fourth-order valence-corrected chi connectivity index (χ4v) is 2.58. The van der Waals surface area contributed by atoms with Crippen LogP contribution in [0.2, 0.25) is 0 Å². The first-order chi connectivity index (χ1) is 6.74. The summed E-state index contributed by atoms with van der Waals surface area (Å²) in [4.78, 5) is 5.68. The van der Waals surface area contributed by atoms with Gasteiger partial charge in [0.1, 0.15) is 5.60 Å². The lowest BCUT2D eigenvalue weighted by molar-refractivity contribution is -0.0527.